The van der Waals surface area contributed by atoms with Crippen molar-refractivity contribution in [1.29, 1.82) is 0 Å². The molecule has 0 saturated carbocycles. The van der Waals surface area contributed by atoms with E-state index in [0.29, 0.717) is 5.56 Å². The SMILES string of the molecule is CC(=O)O[C@H]1[C@H](OC(C)=O)[C@H](O[C@H]2[C@@H]3O[C@H](c4ccccc4)OC[C@H]3O[C@@H](Sc3ccccc3)[C@@H]2N2C(=O)c3ccccc3C2=O)O[C@@H](C)[C@H]1OC(C)=O. The van der Waals surface area contributed by atoms with Gasteiger partial charge in [-0.25, -0.2) is 0 Å². The van der Waals surface area contributed by atoms with Gasteiger partial charge in [0.1, 0.15) is 29.8 Å². The number of benzene rings is 3. The number of fused-ring (bicyclic) bond motifs is 2. The molecule has 0 N–H and O–H groups in total. The summed E-state index contributed by atoms with van der Waals surface area (Å²) in [6, 6.07) is 23.8. The molecule has 284 valence electrons. The number of imide groups is 1. The fourth-order valence-electron chi connectivity index (χ4n) is 7.21. The molecule has 0 aliphatic carbocycles. The number of ether oxygens (including phenoxy) is 8. The molecule has 4 aliphatic rings. The van der Waals surface area contributed by atoms with Crippen LogP contribution in [0.25, 0.3) is 0 Å². The Morgan fingerprint density at radius 1 is 0.685 bits per heavy atom. The van der Waals surface area contributed by atoms with Gasteiger partial charge in [-0.1, -0.05) is 72.4 Å². The van der Waals surface area contributed by atoms with Gasteiger partial charge in [-0.3, -0.25) is 28.9 Å². The smallest absolute Gasteiger partial charge is 0.303 e. The second-order valence-corrected chi connectivity index (χ2v) is 14.4. The van der Waals surface area contributed by atoms with Gasteiger partial charge in [-0.15, -0.1) is 0 Å². The van der Waals surface area contributed by atoms with Gasteiger partial charge in [0.05, 0.1) is 23.8 Å². The van der Waals surface area contributed by atoms with E-state index in [1.165, 1.54) is 18.7 Å². The topological polar surface area (TPSA) is 162 Å². The fourth-order valence-corrected chi connectivity index (χ4v) is 8.41. The zero-order chi connectivity index (χ0) is 38.1. The maximum atomic E-state index is 14.3. The Balaban J connectivity index is 1.34. The number of thioether (sulfide) groups is 1. The highest BCUT2D eigenvalue weighted by molar-refractivity contribution is 7.99. The van der Waals surface area contributed by atoms with Crippen molar-refractivity contribution in [3.63, 3.8) is 0 Å². The molecule has 4 heterocycles. The Hall–Kier alpha value is -4.64. The summed E-state index contributed by atoms with van der Waals surface area (Å²) in [6.07, 6.45) is -10.4. The molecule has 7 rings (SSSR count). The third-order valence-electron chi connectivity index (χ3n) is 9.42. The van der Waals surface area contributed by atoms with Gasteiger partial charge in [0.2, 0.25) is 0 Å². The van der Waals surface area contributed by atoms with Gasteiger partial charge < -0.3 is 37.9 Å². The van der Waals surface area contributed by atoms with Gasteiger partial charge in [0, 0.05) is 31.2 Å². The zero-order valence-electron chi connectivity index (χ0n) is 29.8. The summed E-state index contributed by atoms with van der Waals surface area (Å²) in [5.41, 5.74) is 0.183. The average Bonchev–Trinajstić information content (AvgIpc) is 3.40. The number of rotatable bonds is 9. The van der Waals surface area contributed by atoms with E-state index in [2.05, 4.69) is 0 Å². The molecule has 0 bridgehead atoms. The number of hydrogen-bond acceptors (Lipinski definition) is 14. The molecule has 2 amide bonds. The monoisotopic (exact) mass is 761 g/mol. The van der Waals surface area contributed by atoms with Crippen molar-refractivity contribution in [3.8, 4) is 0 Å². The second kappa shape index (κ2) is 16.0. The van der Waals surface area contributed by atoms with E-state index >= 15 is 0 Å². The van der Waals surface area contributed by atoms with Crippen molar-refractivity contribution < 1.29 is 61.9 Å². The lowest BCUT2D eigenvalue weighted by Gasteiger charge is -2.52. The summed E-state index contributed by atoms with van der Waals surface area (Å²) in [5.74, 6) is -3.33. The maximum absolute atomic E-state index is 14.3. The van der Waals surface area contributed by atoms with Gasteiger partial charge >= 0.3 is 17.9 Å². The van der Waals surface area contributed by atoms with Crippen molar-refractivity contribution in [2.45, 2.75) is 99.4 Å². The summed E-state index contributed by atoms with van der Waals surface area (Å²) in [7, 11) is 0. The first-order valence-corrected chi connectivity index (χ1v) is 18.4. The minimum Gasteiger partial charge on any atom is -0.456 e. The Bertz CT molecular complexity index is 1840. The van der Waals surface area contributed by atoms with E-state index < -0.39 is 96.5 Å². The number of carbonyl (C=O) groups is 5. The zero-order valence-corrected chi connectivity index (χ0v) is 30.6. The van der Waals surface area contributed by atoms with Crippen LogP contribution in [0.4, 0.5) is 0 Å². The average molecular weight is 762 g/mol. The van der Waals surface area contributed by atoms with E-state index in [1.54, 1.807) is 31.2 Å². The van der Waals surface area contributed by atoms with Gasteiger partial charge in [0.25, 0.3) is 11.8 Å². The molecule has 4 aliphatic heterocycles. The molecule has 54 heavy (non-hydrogen) atoms. The van der Waals surface area contributed by atoms with Crippen molar-refractivity contribution >= 4 is 41.5 Å². The van der Waals surface area contributed by atoms with Crippen molar-refractivity contribution in [3.05, 3.63) is 102 Å². The Labute approximate surface area is 315 Å². The van der Waals surface area contributed by atoms with E-state index in [4.69, 9.17) is 37.9 Å². The summed E-state index contributed by atoms with van der Waals surface area (Å²) in [6.45, 7) is 5.14. The summed E-state index contributed by atoms with van der Waals surface area (Å²) >= 11 is 1.28. The predicted molar refractivity (Wildman–Crippen MR) is 188 cm³/mol. The van der Waals surface area contributed by atoms with Crippen molar-refractivity contribution in [2.75, 3.05) is 6.61 Å². The molecule has 11 atom stereocenters. The molecule has 3 saturated heterocycles. The van der Waals surface area contributed by atoms with E-state index in [0.717, 1.165) is 23.6 Å². The lowest BCUT2D eigenvalue weighted by Crippen LogP contribution is -2.69. The second-order valence-electron chi connectivity index (χ2n) is 13.2. The first-order chi connectivity index (χ1) is 26.0. The normalized spacial score (nSPS) is 31.9. The lowest BCUT2D eigenvalue weighted by molar-refractivity contribution is -0.357. The molecule has 0 spiro atoms. The number of carbonyl (C=O) groups excluding carboxylic acids is 5. The summed E-state index contributed by atoms with van der Waals surface area (Å²) in [4.78, 5) is 67.7. The van der Waals surface area contributed by atoms with Gasteiger partial charge in [-0.2, -0.15) is 0 Å². The van der Waals surface area contributed by atoms with Gasteiger partial charge in [-0.05, 0) is 31.2 Å². The quantitative estimate of drug-likeness (QED) is 0.173. The standard InChI is InChI=1S/C39H39NO13S/c1-20-30(48-21(2)41)33(49-22(3)42)34(50-23(4)43)38(47-20)53-32-29(40-35(44)26-17-11-12-18-27(26)36(40)45)39(54-25-15-9-6-10-16-25)51-28-19-46-37(52-31(28)32)24-13-7-5-8-14-24/h5-18,20,28-34,37-39H,19H2,1-4H3/t20-,28+,29+,30+,31+,32+,33+,34-,37+,38-,39-/m0/s1. The molecule has 0 unspecified atom stereocenters. The molecule has 3 aromatic rings. The number of hydrogen-bond donors (Lipinski definition) is 0. The number of nitrogens with zero attached hydrogens (tertiary/aromatic N) is 1. The fraction of sp³-hybridized carbons (Fsp3) is 0.410. The van der Waals surface area contributed by atoms with Crippen LogP contribution in [0.15, 0.2) is 89.8 Å². The van der Waals surface area contributed by atoms with E-state index in [9.17, 15) is 24.0 Å². The van der Waals surface area contributed by atoms with Gasteiger partial charge in [0.15, 0.2) is 30.9 Å². The van der Waals surface area contributed by atoms with Crippen LogP contribution in [0.1, 0.15) is 60.3 Å². The van der Waals surface area contributed by atoms with Crippen molar-refractivity contribution in [1.82, 2.24) is 4.90 Å². The van der Waals surface area contributed by atoms with Crippen LogP contribution < -0.4 is 0 Å². The minimum absolute atomic E-state index is 0.0463. The molecule has 0 aromatic heterocycles. The van der Waals surface area contributed by atoms with Crippen LogP contribution >= 0.6 is 11.8 Å². The van der Waals surface area contributed by atoms with E-state index in [-0.39, 0.29) is 17.7 Å². The molecular weight excluding hydrogens is 722 g/mol. The molecular formula is C39H39NO13S. The van der Waals surface area contributed by atoms with Crippen LogP contribution in [-0.2, 0) is 52.3 Å². The molecule has 14 nitrogen and oxygen atoms in total. The third kappa shape index (κ3) is 7.65. The molecule has 15 heteroatoms. The first kappa shape index (κ1) is 37.7. The number of amides is 2. The Morgan fingerprint density at radius 2 is 1.24 bits per heavy atom. The van der Waals surface area contributed by atoms with Crippen LogP contribution in [0.5, 0.6) is 0 Å². The predicted octanol–water partition coefficient (Wildman–Crippen LogP) is 4.21. The van der Waals surface area contributed by atoms with Crippen LogP contribution in [-0.4, -0.2) is 102 Å². The summed E-state index contributed by atoms with van der Waals surface area (Å²) in [5, 5.41) is 0. The van der Waals surface area contributed by atoms with Crippen molar-refractivity contribution in [2.24, 2.45) is 0 Å². The molecule has 3 fully saturated rings. The molecule has 0 radical (unpaired) electrons. The highest BCUT2D eigenvalue weighted by Crippen LogP contribution is 2.45. The lowest BCUT2D eigenvalue weighted by atomic mass is 9.94. The highest BCUT2D eigenvalue weighted by Gasteiger charge is 2.59. The molecule has 3 aromatic carbocycles. The maximum Gasteiger partial charge on any atom is 0.303 e. The van der Waals surface area contributed by atoms with Crippen LogP contribution in [0.3, 0.4) is 0 Å². The van der Waals surface area contributed by atoms with Crippen LogP contribution in [0, 0.1) is 0 Å². The van der Waals surface area contributed by atoms with Crippen LogP contribution in [0.2, 0.25) is 0 Å². The Kier molecular flexibility index (Phi) is 11.2. The van der Waals surface area contributed by atoms with E-state index in [1.807, 2.05) is 60.7 Å². The largest absolute Gasteiger partial charge is 0.456 e. The minimum atomic E-state index is -1.49. The highest BCUT2D eigenvalue weighted by atomic mass is 32.2. The third-order valence-corrected chi connectivity index (χ3v) is 10.6. The Morgan fingerprint density at radius 3 is 1.85 bits per heavy atom. The first-order valence-electron chi connectivity index (χ1n) is 17.5. The number of esters is 3. The summed E-state index contributed by atoms with van der Waals surface area (Å²) < 4.78 is 49.5.